The lowest BCUT2D eigenvalue weighted by molar-refractivity contribution is 0.556. The van der Waals surface area contributed by atoms with Gasteiger partial charge in [0.15, 0.2) is 10.8 Å². The Labute approximate surface area is 84.8 Å². The van der Waals surface area contributed by atoms with Gasteiger partial charge in [-0.2, -0.15) is 15.8 Å². The second kappa shape index (κ2) is 4.14. The van der Waals surface area contributed by atoms with Crippen molar-refractivity contribution < 1.29 is 4.42 Å². The van der Waals surface area contributed by atoms with E-state index in [1.165, 1.54) is 12.1 Å². The van der Waals surface area contributed by atoms with Gasteiger partial charge in [-0.3, -0.25) is 0 Å². The third kappa shape index (κ3) is 1.75. The second-order valence-electron chi connectivity index (χ2n) is 2.19. The average Bonchev–Trinajstić information content (AvgIpc) is 2.60. The number of hydrogen-bond donors (Lipinski definition) is 0. The van der Waals surface area contributed by atoms with Crippen LogP contribution in [0.4, 0.5) is 0 Å². The summed E-state index contributed by atoms with van der Waals surface area (Å²) in [7, 11) is 0. The van der Waals surface area contributed by atoms with Crippen molar-refractivity contribution in [1.29, 1.82) is 15.8 Å². The van der Waals surface area contributed by atoms with Crippen molar-refractivity contribution in [1.82, 2.24) is 0 Å². The van der Waals surface area contributed by atoms with E-state index in [9.17, 15) is 0 Å². The average molecular weight is 204 g/mol. The Hall–Kier alpha value is -2.22. The molecule has 0 saturated heterocycles. The van der Waals surface area contributed by atoms with Gasteiger partial charge in [0.1, 0.15) is 29.5 Å². The zero-order valence-electron chi connectivity index (χ0n) is 6.78. The van der Waals surface area contributed by atoms with Crippen LogP contribution >= 0.6 is 11.6 Å². The summed E-state index contributed by atoms with van der Waals surface area (Å²) in [5.41, 5.74) is -0.402. The van der Waals surface area contributed by atoms with Crippen LogP contribution < -0.4 is 0 Å². The van der Waals surface area contributed by atoms with Crippen molar-refractivity contribution in [2.24, 2.45) is 0 Å². The molecule has 0 N–H and O–H groups in total. The van der Waals surface area contributed by atoms with Crippen molar-refractivity contribution in [2.45, 2.75) is 0 Å². The van der Waals surface area contributed by atoms with Crippen molar-refractivity contribution in [3.8, 4) is 18.2 Å². The summed E-state index contributed by atoms with van der Waals surface area (Å²) < 4.78 is 4.90. The summed E-state index contributed by atoms with van der Waals surface area (Å²) in [6.45, 7) is 0. The molecule has 0 aromatic carbocycles. The van der Waals surface area contributed by atoms with Gasteiger partial charge in [0.2, 0.25) is 0 Å². The molecule has 0 spiro atoms. The van der Waals surface area contributed by atoms with Crippen LogP contribution in [0.5, 0.6) is 0 Å². The van der Waals surface area contributed by atoms with Gasteiger partial charge in [-0.1, -0.05) is 0 Å². The van der Waals surface area contributed by atoms with Crippen LogP contribution in [0.25, 0.3) is 5.57 Å². The number of allylic oxidation sites excluding steroid dienone is 2. The zero-order chi connectivity index (χ0) is 10.6. The summed E-state index contributed by atoms with van der Waals surface area (Å²) in [5, 5.41) is 25.9. The maximum Gasteiger partial charge on any atom is 0.193 e. The largest absolute Gasteiger partial charge is 0.444 e. The first-order valence-electron chi connectivity index (χ1n) is 3.43. The molecule has 1 aromatic rings. The molecule has 0 fully saturated rings. The number of halogens is 1. The van der Waals surface area contributed by atoms with E-state index < -0.39 is 0 Å². The van der Waals surface area contributed by atoms with Crippen LogP contribution in [0, 0.1) is 34.0 Å². The molecule has 4 nitrogen and oxygen atoms in total. The second-order valence-corrected chi connectivity index (χ2v) is 2.56. The van der Waals surface area contributed by atoms with Gasteiger partial charge in [0.05, 0.1) is 0 Å². The molecule has 1 aromatic heterocycles. The molecule has 0 aliphatic carbocycles. The van der Waals surface area contributed by atoms with Crippen molar-refractivity contribution >= 4 is 17.2 Å². The molecule has 0 bridgehead atoms. The number of nitriles is 3. The predicted molar refractivity (Wildman–Crippen MR) is 47.5 cm³/mol. The highest BCUT2D eigenvalue weighted by Gasteiger charge is 2.12. The Morgan fingerprint density at radius 3 is 2.14 bits per heavy atom. The Morgan fingerprint density at radius 2 is 1.79 bits per heavy atom. The summed E-state index contributed by atoms with van der Waals surface area (Å²) >= 11 is 5.49. The molecule has 66 valence electrons. The maximum absolute atomic E-state index is 8.71. The fourth-order valence-electron chi connectivity index (χ4n) is 0.820. The summed E-state index contributed by atoms with van der Waals surface area (Å²) in [6, 6.07) is 7.78. The molecular weight excluding hydrogens is 202 g/mol. The fraction of sp³-hybridized carbons (Fsp3) is 0. The SMILES string of the molecule is N#CC(C#N)=C(C#N)c1ccc(Cl)o1. The Bertz CT molecular complexity index is 491. The number of furan rings is 1. The first kappa shape index (κ1) is 9.86. The normalized spacial score (nSPS) is 8.14. The first-order chi connectivity index (χ1) is 6.72. The Balaban J connectivity index is 3.35. The van der Waals surface area contributed by atoms with Crippen LogP contribution in [0.2, 0.25) is 5.22 Å². The Kier molecular flexibility index (Phi) is 2.92. The van der Waals surface area contributed by atoms with Gasteiger partial charge in [0, 0.05) is 0 Å². The monoisotopic (exact) mass is 203 g/mol. The standard InChI is InChI=1S/C9H2ClN3O/c10-9-2-1-8(14-9)7(5-13)6(3-11)4-12/h1-2H. The topological polar surface area (TPSA) is 84.5 Å². The molecule has 1 heterocycles. The molecule has 0 amide bonds. The third-order valence-corrected chi connectivity index (χ3v) is 1.61. The van der Waals surface area contributed by atoms with E-state index in [4.69, 9.17) is 31.8 Å². The summed E-state index contributed by atoms with van der Waals surface area (Å²) in [5.74, 6) is 0.121. The molecule has 0 aliphatic rings. The van der Waals surface area contributed by atoms with Gasteiger partial charge < -0.3 is 4.42 Å². The first-order valence-corrected chi connectivity index (χ1v) is 3.81. The zero-order valence-corrected chi connectivity index (χ0v) is 7.54. The quantitative estimate of drug-likeness (QED) is 0.655. The minimum atomic E-state index is -0.293. The van der Waals surface area contributed by atoms with Gasteiger partial charge in [-0.05, 0) is 23.7 Å². The van der Waals surface area contributed by atoms with Crippen molar-refractivity contribution in [2.75, 3.05) is 0 Å². The number of rotatable bonds is 1. The van der Waals surface area contributed by atoms with E-state index in [0.717, 1.165) is 0 Å². The third-order valence-electron chi connectivity index (χ3n) is 1.41. The van der Waals surface area contributed by atoms with Crippen LogP contribution in [-0.2, 0) is 0 Å². The molecule has 0 atom stereocenters. The lowest BCUT2D eigenvalue weighted by Crippen LogP contribution is -1.83. The van der Waals surface area contributed by atoms with Gasteiger partial charge >= 0.3 is 0 Å². The maximum atomic E-state index is 8.71. The van der Waals surface area contributed by atoms with E-state index in [0.29, 0.717) is 0 Å². The van der Waals surface area contributed by atoms with Crippen LogP contribution in [0.1, 0.15) is 5.76 Å². The minimum absolute atomic E-state index is 0.1000. The van der Waals surface area contributed by atoms with Crippen molar-refractivity contribution in [3.05, 3.63) is 28.7 Å². The molecule has 5 heteroatoms. The highest BCUT2D eigenvalue weighted by Crippen LogP contribution is 2.22. The number of hydrogen-bond acceptors (Lipinski definition) is 4. The molecule has 0 aliphatic heterocycles. The smallest absolute Gasteiger partial charge is 0.193 e. The van der Waals surface area contributed by atoms with Crippen LogP contribution in [0.3, 0.4) is 0 Å². The minimum Gasteiger partial charge on any atom is -0.444 e. The molecule has 1 rings (SSSR count). The van der Waals surface area contributed by atoms with Crippen LogP contribution in [0.15, 0.2) is 22.1 Å². The van der Waals surface area contributed by atoms with Gasteiger partial charge in [-0.25, -0.2) is 0 Å². The van der Waals surface area contributed by atoms with E-state index >= 15 is 0 Å². The lowest BCUT2D eigenvalue weighted by Gasteiger charge is -1.90. The molecular formula is C9H2ClN3O. The Morgan fingerprint density at radius 1 is 1.14 bits per heavy atom. The highest BCUT2D eigenvalue weighted by molar-refractivity contribution is 6.28. The van der Waals surface area contributed by atoms with Gasteiger partial charge in [0.25, 0.3) is 0 Å². The number of nitrogens with zero attached hydrogens (tertiary/aromatic N) is 3. The molecule has 0 saturated carbocycles. The fourth-order valence-corrected chi connectivity index (χ4v) is 0.966. The van der Waals surface area contributed by atoms with E-state index in [1.54, 1.807) is 18.2 Å². The summed E-state index contributed by atoms with van der Waals surface area (Å²) in [6.07, 6.45) is 0. The molecule has 14 heavy (non-hydrogen) atoms. The van der Waals surface area contributed by atoms with E-state index in [1.807, 2.05) is 0 Å². The predicted octanol–water partition coefficient (Wildman–Crippen LogP) is 2.26. The van der Waals surface area contributed by atoms with E-state index in [-0.39, 0.29) is 22.1 Å². The lowest BCUT2D eigenvalue weighted by atomic mass is 10.1. The highest BCUT2D eigenvalue weighted by atomic mass is 35.5. The van der Waals surface area contributed by atoms with Gasteiger partial charge in [-0.15, -0.1) is 0 Å². The van der Waals surface area contributed by atoms with E-state index in [2.05, 4.69) is 0 Å². The molecule has 0 unspecified atom stereocenters. The summed E-state index contributed by atoms with van der Waals surface area (Å²) in [4.78, 5) is 0. The van der Waals surface area contributed by atoms with Crippen LogP contribution in [-0.4, -0.2) is 0 Å². The van der Waals surface area contributed by atoms with Crippen molar-refractivity contribution in [3.63, 3.8) is 0 Å². The molecule has 0 radical (unpaired) electrons.